The first-order valence-corrected chi connectivity index (χ1v) is 9.61. The van der Waals surface area contributed by atoms with Crippen molar-refractivity contribution in [2.75, 3.05) is 0 Å². The van der Waals surface area contributed by atoms with Crippen molar-refractivity contribution in [2.24, 2.45) is 22.7 Å². The van der Waals surface area contributed by atoms with E-state index in [1.807, 2.05) is 6.92 Å². The summed E-state index contributed by atoms with van der Waals surface area (Å²) in [6.45, 7) is 15.5. The predicted octanol–water partition coefficient (Wildman–Crippen LogP) is 4.22. The molecule has 0 aliphatic heterocycles. The summed E-state index contributed by atoms with van der Waals surface area (Å²) in [4.78, 5) is 24.1. The molecule has 0 aromatic carbocycles. The fraction of sp³-hybridized carbons (Fsp3) is 0.727. The summed E-state index contributed by atoms with van der Waals surface area (Å²) in [6, 6.07) is 0. The first-order valence-electron chi connectivity index (χ1n) is 9.61. The van der Waals surface area contributed by atoms with Crippen LogP contribution in [-0.2, 0) is 14.3 Å². The van der Waals surface area contributed by atoms with Gasteiger partial charge in [-0.3, -0.25) is 9.59 Å². The van der Waals surface area contributed by atoms with Crippen molar-refractivity contribution in [2.45, 2.75) is 78.9 Å². The van der Waals surface area contributed by atoms with Crippen LogP contribution in [0.5, 0.6) is 0 Å². The maximum Gasteiger partial charge on any atom is 0.302 e. The first kappa shape index (κ1) is 20.9. The van der Waals surface area contributed by atoms with E-state index in [1.165, 1.54) is 6.92 Å². The van der Waals surface area contributed by atoms with E-state index in [0.717, 1.165) is 18.4 Å². The minimum absolute atomic E-state index is 0.0706. The van der Waals surface area contributed by atoms with Gasteiger partial charge in [-0.15, -0.1) is 6.58 Å². The second-order valence-electron chi connectivity index (χ2n) is 9.14. The number of fused-ring (bicyclic) bond motifs is 1. The molecule has 1 N–H and O–H groups in total. The Bertz CT molecular complexity index is 632. The molecule has 2 rings (SSSR count). The molecule has 0 saturated heterocycles. The third kappa shape index (κ3) is 3.53. The van der Waals surface area contributed by atoms with Gasteiger partial charge in [-0.2, -0.15) is 0 Å². The Morgan fingerprint density at radius 3 is 2.65 bits per heavy atom. The van der Waals surface area contributed by atoms with E-state index in [2.05, 4.69) is 27.4 Å². The van der Waals surface area contributed by atoms with Crippen LogP contribution in [0.3, 0.4) is 0 Å². The molecular weight excluding hydrogens is 328 g/mol. The molecule has 6 atom stereocenters. The topological polar surface area (TPSA) is 63.6 Å². The lowest BCUT2D eigenvalue weighted by atomic mass is 9.45. The number of rotatable bonds is 5. The fourth-order valence-electron chi connectivity index (χ4n) is 5.13. The van der Waals surface area contributed by atoms with Gasteiger partial charge in [0.2, 0.25) is 0 Å². The van der Waals surface area contributed by atoms with Crippen molar-refractivity contribution in [1.29, 1.82) is 0 Å². The third-order valence-corrected chi connectivity index (χ3v) is 7.43. The lowest BCUT2D eigenvalue weighted by Gasteiger charge is -2.60. The zero-order valence-electron chi connectivity index (χ0n) is 17.1. The monoisotopic (exact) mass is 362 g/mol. The van der Waals surface area contributed by atoms with Gasteiger partial charge in [0.15, 0.2) is 5.78 Å². The second-order valence-corrected chi connectivity index (χ2v) is 9.14. The number of ketones is 1. The minimum atomic E-state index is -0.921. The molecule has 0 spiro atoms. The highest BCUT2D eigenvalue weighted by atomic mass is 16.5. The van der Waals surface area contributed by atoms with Gasteiger partial charge in [0, 0.05) is 18.8 Å². The number of esters is 1. The van der Waals surface area contributed by atoms with Crippen LogP contribution < -0.4 is 0 Å². The van der Waals surface area contributed by atoms with E-state index in [-0.39, 0.29) is 40.5 Å². The average Bonchev–Trinajstić information content (AvgIpc) is 2.53. The minimum Gasteiger partial charge on any atom is -0.462 e. The van der Waals surface area contributed by atoms with Crippen LogP contribution in [-0.4, -0.2) is 28.6 Å². The largest absolute Gasteiger partial charge is 0.462 e. The standard InChI is InChI=1S/C22H34O4/c1-8-20(5,25)9-10-21(6)14(2)12-19(26-16(4)23)22(7)15(3)11-17(24)13-18(21)22/h8,11,14,18-19,25H,1,9-10,12-13H2,2-7H3/t14-,18-,19-,20-,21+,22+/m0/s1. The molecule has 1 saturated carbocycles. The summed E-state index contributed by atoms with van der Waals surface area (Å²) in [5.41, 5.74) is -0.418. The van der Waals surface area contributed by atoms with Crippen LogP contribution in [0.15, 0.2) is 24.3 Å². The average molecular weight is 363 g/mol. The molecule has 26 heavy (non-hydrogen) atoms. The zero-order chi connectivity index (χ0) is 19.9. The molecule has 2 aliphatic carbocycles. The van der Waals surface area contributed by atoms with Crippen molar-refractivity contribution in [3.05, 3.63) is 24.3 Å². The van der Waals surface area contributed by atoms with Crippen LogP contribution in [0.25, 0.3) is 0 Å². The van der Waals surface area contributed by atoms with E-state index in [9.17, 15) is 14.7 Å². The Morgan fingerprint density at radius 2 is 2.12 bits per heavy atom. The van der Waals surface area contributed by atoms with Crippen LogP contribution in [0, 0.1) is 22.7 Å². The summed E-state index contributed by atoms with van der Waals surface area (Å²) in [7, 11) is 0. The summed E-state index contributed by atoms with van der Waals surface area (Å²) in [6.07, 6.45) is 5.70. The number of carbonyl (C=O) groups excluding carboxylic acids is 2. The molecule has 0 aromatic rings. The van der Waals surface area contributed by atoms with Gasteiger partial charge in [0.25, 0.3) is 0 Å². The van der Waals surface area contributed by atoms with E-state index in [4.69, 9.17) is 4.74 Å². The van der Waals surface area contributed by atoms with Crippen molar-refractivity contribution in [3.8, 4) is 0 Å². The number of hydrogen-bond donors (Lipinski definition) is 1. The summed E-state index contributed by atoms with van der Waals surface area (Å²) in [5, 5.41) is 10.4. The Morgan fingerprint density at radius 1 is 1.50 bits per heavy atom. The van der Waals surface area contributed by atoms with Gasteiger partial charge in [-0.1, -0.05) is 32.4 Å². The molecule has 0 aromatic heterocycles. The van der Waals surface area contributed by atoms with Gasteiger partial charge in [-0.05, 0) is 56.4 Å². The van der Waals surface area contributed by atoms with Gasteiger partial charge in [0.05, 0.1) is 5.60 Å². The maximum atomic E-state index is 12.4. The first-order chi connectivity index (χ1) is 11.9. The van der Waals surface area contributed by atoms with Crippen molar-refractivity contribution >= 4 is 11.8 Å². The maximum absolute atomic E-state index is 12.4. The molecular formula is C22H34O4. The number of aliphatic hydroxyl groups is 1. The van der Waals surface area contributed by atoms with Gasteiger partial charge in [-0.25, -0.2) is 0 Å². The van der Waals surface area contributed by atoms with Crippen molar-refractivity contribution in [3.63, 3.8) is 0 Å². The molecule has 0 unspecified atom stereocenters. The lowest BCUT2D eigenvalue weighted by Crippen LogP contribution is -2.58. The third-order valence-electron chi connectivity index (χ3n) is 7.43. The molecule has 146 valence electrons. The van der Waals surface area contributed by atoms with Crippen LogP contribution in [0.4, 0.5) is 0 Å². The number of allylic oxidation sites excluding steroid dienone is 1. The Kier molecular flexibility index (Phi) is 5.59. The second kappa shape index (κ2) is 6.95. The smallest absolute Gasteiger partial charge is 0.302 e. The van der Waals surface area contributed by atoms with E-state index in [0.29, 0.717) is 12.8 Å². The van der Waals surface area contributed by atoms with E-state index >= 15 is 0 Å². The highest BCUT2D eigenvalue weighted by molar-refractivity contribution is 5.92. The number of hydrogen-bond acceptors (Lipinski definition) is 4. The number of carbonyl (C=O) groups is 2. The van der Waals surface area contributed by atoms with Gasteiger partial charge in [0.1, 0.15) is 6.10 Å². The highest BCUT2D eigenvalue weighted by Gasteiger charge is 2.60. The molecule has 0 bridgehead atoms. The summed E-state index contributed by atoms with van der Waals surface area (Å²) in [5.74, 6) is 0.206. The molecule has 2 aliphatic rings. The summed E-state index contributed by atoms with van der Waals surface area (Å²) < 4.78 is 5.74. The Hall–Kier alpha value is -1.42. The molecule has 4 nitrogen and oxygen atoms in total. The van der Waals surface area contributed by atoms with Crippen molar-refractivity contribution < 1.29 is 19.4 Å². The van der Waals surface area contributed by atoms with Gasteiger partial charge >= 0.3 is 5.97 Å². The Balaban J connectivity index is 2.46. The highest BCUT2D eigenvalue weighted by Crippen LogP contribution is 2.62. The molecule has 0 radical (unpaired) electrons. The molecule has 1 fully saturated rings. The van der Waals surface area contributed by atoms with Crippen molar-refractivity contribution in [1.82, 2.24) is 0 Å². The molecule has 4 heteroatoms. The SMILES string of the molecule is C=C[C@](C)(O)CC[C@]1(C)[C@@H](C)C[C@H](OC(C)=O)[C@]2(C)C(C)=CC(=O)C[C@@H]12. The molecule has 0 amide bonds. The predicted molar refractivity (Wildman–Crippen MR) is 102 cm³/mol. The van der Waals surface area contributed by atoms with Gasteiger partial charge < -0.3 is 9.84 Å². The summed E-state index contributed by atoms with van der Waals surface area (Å²) >= 11 is 0. The number of ether oxygens (including phenoxy) is 1. The van der Waals surface area contributed by atoms with Crippen LogP contribution in [0.1, 0.15) is 67.2 Å². The zero-order valence-corrected chi connectivity index (χ0v) is 17.1. The Labute approximate surface area is 157 Å². The van der Waals surface area contributed by atoms with E-state index in [1.54, 1.807) is 19.1 Å². The normalized spacial score (nSPS) is 39.4. The fourth-order valence-corrected chi connectivity index (χ4v) is 5.13. The van der Waals surface area contributed by atoms with E-state index < -0.39 is 5.60 Å². The van der Waals surface area contributed by atoms with Crippen LogP contribution in [0.2, 0.25) is 0 Å². The lowest BCUT2D eigenvalue weighted by molar-refractivity contribution is -0.175. The molecule has 0 heterocycles. The quantitative estimate of drug-likeness (QED) is 0.587. The van der Waals surface area contributed by atoms with Crippen LogP contribution >= 0.6 is 0 Å².